The molecule has 0 N–H and O–H groups in total. The van der Waals surface area contributed by atoms with Crippen LogP contribution in [0.25, 0.3) is 0 Å². The second kappa shape index (κ2) is 5.07. The third-order valence-corrected chi connectivity index (χ3v) is 4.55. The molecule has 3 unspecified atom stereocenters. The molecule has 94 valence electrons. The number of hydrogen-bond acceptors (Lipinski definition) is 1. The SMILES string of the molecule is Cc1cc(F)cc(C)c1C(Br)C1OCCC1C. The van der Waals surface area contributed by atoms with Crippen molar-refractivity contribution < 1.29 is 9.13 Å². The van der Waals surface area contributed by atoms with Crippen molar-refractivity contribution in [2.75, 3.05) is 6.61 Å². The summed E-state index contributed by atoms with van der Waals surface area (Å²) in [6, 6.07) is 3.19. The molecule has 1 aliphatic heterocycles. The predicted octanol–water partition coefficient (Wildman–Crippen LogP) is 4.30. The van der Waals surface area contributed by atoms with Gasteiger partial charge >= 0.3 is 0 Å². The van der Waals surface area contributed by atoms with Gasteiger partial charge in [-0.3, -0.25) is 0 Å². The fourth-order valence-corrected chi connectivity index (χ4v) is 4.01. The number of rotatable bonds is 2. The predicted molar refractivity (Wildman–Crippen MR) is 71.1 cm³/mol. The molecule has 3 atom stereocenters. The van der Waals surface area contributed by atoms with Gasteiger partial charge in [-0.15, -0.1) is 0 Å². The van der Waals surface area contributed by atoms with Crippen LogP contribution in [-0.2, 0) is 4.74 Å². The summed E-state index contributed by atoms with van der Waals surface area (Å²) >= 11 is 3.73. The molecule has 1 nitrogen and oxygen atoms in total. The minimum atomic E-state index is -0.163. The quantitative estimate of drug-likeness (QED) is 0.740. The highest BCUT2D eigenvalue weighted by atomic mass is 79.9. The van der Waals surface area contributed by atoms with E-state index in [1.165, 1.54) is 5.56 Å². The van der Waals surface area contributed by atoms with E-state index in [9.17, 15) is 4.39 Å². The first-order valence-corrected chi connectivity index (χ1v) is 6.94. The topological polar surface area (TPSA) is 9.23 Å². The molecular formula is C14H18BrFO. The number of aryl methyl sites for hydroxylation is 2. The molecule has 1 aromatic rings. The summed E-state index contributed by atoms with van der Waals surface area (Å²) in [4.78, 5) is 0.153. The Hall–Kier alpha value is -0.410. The lowest BCUT2D eigenvalue weighted by Gasteiger charge is -2.24. The lowest BCUT2D eigenvalue weighted by atomic mass is 9.92. The van der Waals surface area contributed by atoms with Crippen LogP contribution in [0.15, 0.2) is 12.1 Å². The largest absolute Gasteiger partial charge is 0.376 e. The summed E-state index contributed by atoms with van der Waals surface area (Å²) in [5.74, 6) is 0.382. The van der Waals surface area contributed by atoms with Crippen molar-refractivity contribution in [2.24, 2.45) is 5.92 Å². The van der Waals surface area contributed by atoms with Gasteiger partial charge in [-0.2, -0.15) is 0 Å². The zero-order valence-electron chi connectivity index (χ0n) is 10.5. The Balaban J connectivity index is 2.33. The Morgan fingerprint density at radius 2 is 1.94 bits per heavy atom. The van der Waals surface area contributed by atoms with Gasteiger partial charge in [-0.25, -0.2) is 4.39 Å². The zero-order chi connectivity index (χ0) is 12.6. The van der Waals surface area contributed by atoms with Crippen LogP contribution in [0.3, 0.4) is 0 Å². The first-order chi connectivity index (χ1) is 8.00. The summed E-state index contributed by atoms with van der Waals surface area (Å²) in [6.07, 6.45) is 1.30. The third kappa shape index (κ3) is 2.55. The van der Waals surface area contributed by atoms with Crippen LogP contribution in [0.4, 0.5) is 4.39 Å². The van der Waals surface area contributed by atoms with Crippen molar-refractivity contribution in [1.29, 1.82) is 0 Å². The van der Waals surface area contributed by atoms with Crippen molar-refractivity contribution in [3.8, 4) is 0 Å². The molecule has 0 bridgehead atoms. The third-order valence-electron chi connectivity index (χ3n) is 3.57. The van der Waals surface area contributed by atoms with Gasteiger partial charge < -0.3 is 4.74 Å². The van der Waals surface area contributed by atoms with E-state index < -0.39 is 0 Å². The Labute approximate surface area is 110 Å². The Bertz CT molecular complexity index is 396. The monoisotopic (exact) mass is 300 g/mol. The van der Waals surface area contributed by atoms with Crippen molar-refractivity contribution in [1.82, 2.24) is 0 Å². The Morgan fingerprint density at radius 3 is 2.41 bits per heavy atom. The van der Waals surface area contributed by atoms with E-state index in [0.29, 0.717) is 5.92 Å². The molecule has 1 aliphatic rings. The van der Waals surface area contributed by atoms with E-state index in [-0.39, 0.29) is 16.7 Å². The number of alkyl halides is 1. The van der Waals surface area contributed by atoms with Crippen LogP contribution in [0, 0.1) is 25.6 Å². The first-order valence-electron chi connectivity index (χ1n) is 6.03. The summed E-state index contributed by atoms with van der Waals surface area (Å²) < 4.78 is 19.1. The maximum Gasteiger partial charge on any atom is 0.123 e. The van der Waals surface area contributed by atoms with Crippen LogP contribution in [0.1, 0.15) is 34.9 Å². The van der Waals surface area contributed by atoms with Gasteiger partial charge in [0, 0.05) is 6.61 Å². The van der Waals surface area contributed by atoms with Gasteiger partial charge in [0.25, 0.3) is 0 Å². The number of halogens is 2. The molecule has 0 saturated carbocycles. The van der Waals surface area contributed by atoms with Crippen molar-refractivity contribution >= 4 is 15.9 Å². The smallest absolute Gasteiger partial charge is 0.123 e. The van der Waals surface area contributed by atoms with Gasteiger partial charge in [0.15, 0.2) is 0 Å². The molecule has 1 fully saturated rings. The van der Waals surface area contributed by atoms with E-state index in [1.807, 2.05) is 13.8 Å². The average molecular weight is 301 g/mol. The van der Waals surface area contributed by atoms with Gasteiger partial charge in [-0.05, 0) is 55.0 Å². The van der Waals surface area contributed by atoms with E-state index in [4.69, 9.17) is 4.74 Å². The molecule has 0 radical (unpaired) electrons. The maximum atomic E-state index is 13.3. The Morgan fingerprint density at radius 1 is 1.35 bits per heavy atom. The maximum absolute atomic E-state index is 13.3. The highest BCUT2D eigenvalue weighted by Gasteiger charge is 2.32. The van der Waals surface area contributed by atoms with Crippen molar-refractivity contribution in [2.45, 2.75) is 38.1 Å². The van der Waals surface area contributed by atoms with Crippen LogP contribution in [0.2, 0.25) is 0 Å². The molecular weight excluding hydrogens is 283 g/mol. The normalized spacial score (nSPS) is 26.2. The van der Waals surface area contributed by atoms with E-state index in [1.54, 1.807) is 12.1 Å². The van der Waals surface area contributed by atoms with Gasteiger partial charge in [0.05, 0.1) is 10.9 Å². The number of benzene rings is 1. The van der Waals surface area contributed by atoms with Crippen molar-refractivity contribution in [3.05, 3.63) is 34.6 Å². The summed E-state index contributed by atoms with van der Waals surface area (Å²) in [5, 5.41) is 0. The molecule has 1 heterocycles. The van der Waals surface area contributed by atoms with Crippen LogP contribution in [-0.4, -0.2) is 12.7 Å². The van der Waals surface area contributed by atoms with E-state index in [2.05, 4.69) is 22.9 Å². The highest BCUT2D eigenvalue weighted by molar-refractivity contribution is 9.09. The van der Waals surface area contributed by atoms with Gasteiger partial charge in [0.2, 0.25) is 0 Å². The first kappa shape index (κ1) is 13.0. The molecule has 1 aromatic carbocycles. The molecule has 1 saturated heterocycles. The summed E-state index contributed by atoms with van der Waals surface area (Å²) in [6.45, 7) is 6.95. The average Bonchev–Trinajstić information content (AvgIpc) is 2.62. The molecule has 0 aromatic heterocycles. The standard InChI is InChI=1S/C14H18BrFO/c1-8-4-5-17-14(8)13(15)12-9(2)6-11(16)7-10(12)3/h6-8,13-14H,4-5H2,1-3H3. The fourth-order valence-electron chi connectivity index (χ4n) is 2.61. The molecule has 0 amide bonds. The second-order valence-corrected chi connectivity index (χ2v) is 5.94. The van der Waals surface area contributed by atoms with Crippen LogP contribution in [0.5, 0.6) is 0 Å². The second-order valence-electron chi connectivity index (χ2n) is 4.96. The van der Waals surface area contributed by atoms with Crippen LogP contribution < -0.4 is 0 Å². The molecule has 0 spiro atoms. The van der Waals surface area contributed by atoms with Crippen LogP contribution >= 0.6 is 15.9 Å². The van der Waals surface area contributed by atoms with E-state index in [0.717, 1.165) is 24.2 Å². The minimum absolute atomic E-state index is 0.153. The Kier molecular flexibility index (Phi) is 3.88. The zero-order valence-corrected chi connectivity index (χ0v) is 12.1. The summed E-state index contributed by atoms with van der Waals surface area (Å²) in [7, 11) is 0. The lowest BCUT2D eigenvalue weighted by Crippen LogP contribution is -2.20. The fraction of sp³-hybridized carbons (Fsp3) is 0.571. The highest BCUT2D eigenvalue weighted by Crippen LogP contribution is 2.39. The molecule has 17 heavy (non-hydrogen) atoms. The lowest BCUT2D eigenvalue weighted by molar-refractivity contribution is 0.0932. The van der Waals surface area contributed by atoms with Crippen molar-refractivity contribution in [3.63, 3.8) is 0 Å². The molecule has 3 heteroatoms. The van der Waals surface area contributed by atoms with Gasteiger partial charge in [0.1, 0.15) is 5.82 Å². The minimum Gasteiger partial charge on any atom is -0.376 e. The summed E-state index contributed by atoms with van der Waals surface area (Å²) in [5.41, 5.74) is 3.16. The molecule has 2 rings (SSSR count). The molecule has 0 aliphatic carbocycles. The number of ether oxygens (including phenoxy) is 1. The van der Waals surface area contributed by atoms with E-state index >= 15 is 0 Å². The van der Waals surface area contributed by atoms with Gasteiger partial charge in [-0.1, -0.05) is 22.9 Å². The number of hydrogen-bond donors (Lipinski definition) is 0.